The number of allylic oxidation sites excluding steroid dienone is 6. The lowest BCUT2D eigenvalue weighted by Crippen LogP contribution is -2.35. The Kier molecular flexibility index (Phi) is 11.4. The summed E-state index contributed by atoms with van der Waals surface area (Å²) in [5, 5.41) is 7.16. The maximum atomic E-state index is 11.3. The van der Waals surface area contributed by atoms with Crippen molar-refractivity contribution in [2.45, 2.75) is 79.6 Å². The monoisotopic (exact) mass is 567 g/mol. The van der Waals surface area contributed by atoms with Crippen molar-refractivity contribution in [3.63, 3.8) is 0 Å². The zero-order valence-corrected chi connectivity index (χ0v) is 26.5. The van der Waals surface area contributed by atoms with Gasteiger partial charge in [0.15, 0.2) is 0 Å². The Bertz CT molecular complexity index is 1370. The van der Waals surface area contributed by atoms with Crippen LogP contribution in [0.3, 0.4) is 0 Å². The fraction of sp³-hybridized carbons (Fsp3) is 0.459. The fourth-order valence-electron chi connectivity index (χ4n) is 5.92. The summed E-state index contributed by atoms with van der Waals surface area (Å²) in [7, 11) is 2.24. The molecule has 0 unspecified atom stereocenters. The summed E-state index contributed by atoms with van der Waals surface area (Å²) in [6, 6.07) is 8.42. The minimum atomic E-state index is 0.319. The van der Waals surface area contributed by atoms with Crippen molar-refractivity contribution in [3.05, 3.63) is 94.1 Å². The van der Waals surface area contributed by atoms with E-state index in [0.29, 0.717) is 5.78 Å². The average molecular weight is 568 g/mol. The van der Waals surface area contributed by atoms with Crippen molar-refractivity contribution in [3.8, 4) is 5.75 Å². The van der Waals surface area contributed by atoms with Gasteiger partial charge in [-0.15, -0.1) is 0 Å². The van der Waals surface area contributed by atoms with Crippen LogP contribution in [0.2, 0.25) is 0 Å². The fourth-order valence-corrected chi connectivity index (χ4v) is 5.92. The molecule has 1 heterocycles. The van der Waals surface area contributed by atoms with E-state index in [1.807, 2.05) is 6.07 Å². The third kappa shape index (κ3) is 9.29. The molecule has 0 atom stereocenters. The van der Waals surface area contributed by atoms with Crippen molar-refractivity contribution >= 4 is 17.4 Å². The maximum absolute atomic E-state index is 11.3. The van der Waals surface area contributed by atoms with Crippen LogP contribution in [0.4, 0.5) is 0 Å². The molecule has 0 saturated heterocycles. The number of ether oxygens (including phenoxy) is 1. The number of nitrogens with one attached hydrogen (secondary N) is 1. The molecular formula is C37H49N3O2. The zero-order valence-electron chi connectivity index (χ0n) is 26.5. The standard InChI is InChI=1S/C37H49N3O2/c1-7-26(2)19-31(24-40(6)25-32-21-30(22-32)12-11-29(5)41)23-34-13-15-35(20-28(34)4)42-37-16-14-33(10-8-9-27(37)3)36-17-18-38-39-36/h10,13-20,23,30,32H,7-9,11-12,21-22,24-25H2,1-6H3,(H,38,39). The highest BCUT2D eigenvalue weighted by molar-refractivity contribution is 5.75. The number of nitrogens with zero attached hydrogens (tertiary/aromatic N) is 2. The van der Waals surface area contributed by atoms with E-state index in [-0.39, 0.29) is 0 Å². The molecule has 0 bridgehead atoms. The Hall–Kier alpha value is -3.44. The molecule has 1 aromatic heterocycles. The van der Waals surface area contributed by atoms with Gasteiger partial charge in [0.1, 0.15) is 17.3 Å². The minimum Gasteiger partial charge on any atom is -0.457 e. The Labute approximate surface area is 253 Å². The van der Waals surface area contributed by atoms with E-state index in [1.54, 1.807) is 13.1 Å². The average Bonchev–Trinajstić information content (AvgIpc) is 3.45. The summed E-state index contributed by atoms with van der Waals surface area (Å²) < 4.78 is 6.44. The van der Waals surface area contributed by atoms with Gasteiger partial charge in [0, 0.05) is 25.7 Å². The van der Waals surface area contributed by atoms with Gasteiger partial charge in [0.2, 0.25) is 0 Å². The molecule has 42 heavy (non-hydrogen) atoms. The summed E-state index contributed by atoms with van der Waals surface area (Å²) >= 11 is 0. The first-order chi connectivity index (χ1) is 20.2. The smallest absolute Gasteiger partial charge is 0.129 e. The number of hydrogen-bond donors (Lipinski definition) is 1. The molecule has 4 rings (SSSR count). The van der Waals surface area contributed by atoms with E-state index in [4.69, 9.17) is 4.74 Å². The molecular weight excluding hydrogens is 518 g/mol. The lowest BCUT2D eigenvalue weighted by atomic mass is 9.72. The van der Waals surface area contributed by atoms with Crippen LogP contribution in [-0.4, -0.2) is 41.0 Å². The van der Waals surface area contributed by atoms with Crippen LogP contribution in [0.5, 0.6) is 5.75 Å². The van der Waals surface area contributed by atoms with Gasteiger partial charge in [0.25, 0.3) is 0 Å². The first-order valence-electron chi connectivity index (χ1n) is 15.6. The third-order valence-electron chi connectivity index (χ3n) is 8.59. The normalized spacial score (nSPS) is 19.8. The molecule has 2 aliphatic carbocycles. The van der Waals surface area contributed by atoms with Crippen molar-refractivity contribution < 1.29 is 9.53 Å². The molecule has 2 aliphatic rings. The molecule has 0 aliphatic heterocycles. The summed E-state index contributed by atoms with van der Waals surface area (Å²) in [5.74, 6) is 3.57. The van der Waals surface area contributed by atoms with E-state index in [0.717, 1.165) is 79.8 Å². The second-order valence-corrected chi connectivity index (χ2v) is 12.5. The van der Waals surface area contributed by atoms with Crippen molar-refractivity contribution in [1.82, 2.24) is 15.1 Å². The summed E-state index contributed by atoms with van der Waals surface area (Å²) in [5.41, 5.74) is 8.55. The van der Waals surface area contributed by atoms with E-state index in [2.05, 4.69) is 98.4 Å². The number of Topliss-reactive ketones (excluding diaryl/α,β-unsaturated/α-hetero) is 1. The summed E-state index contributed by atoms with van der Waals surface area (Å²) in [4.78, 5) is 13.8. The highest BCUT2D eigenvalue weighted by Crippen LogP contribution is 2.37. The third-order valence-corrected chi connectivity index (χ3v) is 8.59. The van der Waals surface area contributed by atoms with Gasteiger partial charge in [0.05, 0.1) is 5.69 Å². The first-order valence-corrected chi connectivity index (χ1v) is 15.6. The number of rotatable bonds is 13. The number of aromatic amines is 1. The van der Waals surface area contributed by atoms with Gasteiger partial charge >= 0.3 is 0 Å². The van der Waals surface area contributed by atoms with Gasteiger partial charge < -0.3 is 14.4 Å². The number of H-pyrrole nitrogens is 1. The molecule has 1 saturated carbocycles. The van der Waals surface area contributed by atoms with Gasteiger partial charge in [-0.2, -0.15) is 5.10 Å². The summed E-state index contributed by atoms with van der Waals surface area (Å²) in [6.07, 6.45) is 20.2. The molecule has 0 spiro atoms. The summed E-state index contributed by atoms with van der Waals surface area (Å²) in [6.45, 7) is 12.5. The van der Waals surface area contributed by atoms with Crippen molar-refractivity contribution in [2.24, 2.45) is 11.8 Å². The molecule has 0 amide bonds. The molecule has 1 fully saturated rings. The quantitative estimate of drug-likeness (QED) is 0.246. The number of ketones is 1. The van der Waals surface area contributed by atoms with Gasteiger partial charge in [-0.25, -0.2) is 0 Å². The number of carbonyl (C=O) groups is 1. The number of benzene rings is 1. The van der Waals surface area contributed by atoms with Crippen molar-refractivity contribution in [2.75, 3.05) is 20.1 Å². The van der Waals surface area contributed by atoms with Crippen LogP contribution >= 0.6 is 0 Å². The maximum Gasteiger partial charge on any atom is 0.129 e. The highest BCUT2D eigenvalue weighted by atomic mass is 16.5. The highest BCUT2D eigenvalue weighted by Gasteiger charge is 2.29. The molecule has 0 radical (unpaired) electrons. The number of carbonyl (C=O) groups excluding carboxylic acids is 1. The lowest BCUT2D eigenvalue weighted by molar-refractivity contribution is -0.117. The molecule has 1 N–H and O–H groups in total. The number of hydrogen-bond acceptors (Lipinski definition) is 4. The topological polar surface area (TPSA) is 58.2 Å². The molecule has 2 aromatic rings. The van der Waals surface area contributed by atoms with Crippen LogP contribution in [-0.2, 0) is 4.79 Å². The van der Waals surface area contributed by atoms with Gasteiger partial charge in [-0.3, -0.25) is 5.10 Å². The van der Waals surface area contributed by atoms with Gasteiger partial charge in [-0.05, 0) is 143 Å². The number of aromatic nitrogens is 2. The Morgan fingerprint density at radius 1 is 1.14 bits per heavy atom. The van der Waals surface area contributed by atoms with E-state index < -0.39 is 0 Å². The Morgan fingerprint density at radius 2 is 1.95 bits per heavy atom. The minimum absolute atomic E-state index is 0.319. The predicted octanol–water partition coefficient (Wildman–Crippen LogP) is 8.87. The van der Waals surface area contributed by atoms with Crippen LogP contribution in [0.15, 0.2) is 77.2 Å². The molecule has 5 nitrogen and oxygen atoms in total. The predicted molar refractivity (Wildman–Crippen MR) is 175 cm³/mol. The Morgan fingerprint density at radius 3 is 2.64 bits per heavy atom. The number of likely N-dealkylation sites (N-methyl/N-ethyl adjacent to an activating group) is 1. The first kappa shape index (κ1) is 31.5. The van der Waals surface area contributed by atoms with Crippen molar-refractivity contribution in [1.29, 1.82) is 0 Å². The second-order valence-electron chi connectivity index (χ2n) is 12.5. The second kappa shape index (κ2) is 15.2. The lowest BCUT2D eigenvalue weighted by Gasteiger charge is -2.38. The van der Waals surface area contributed by atoms with E-state index >= 15 is 0 Å². The SMILES string of the molecule is CCC(C)=CC(=Cc1ccc(OC2=C(C)CCC=C(c3ccn[nH]3)C=C2)cc1C)CN(C)CC1CC(CCC(C)=O)C1. The number of aryl methyl sites for hydroxylation is 1. The molecule has 1 aromatic carbocycles. The Balaban J connectivity index is 1.42. The van der Waals surface area contributed by atoms with E-state index in [9.17, 15) is 4.79 Å². The van der Waals surface area contributed by atoms with E-state index in [1.165, 1.54) is 40.7 Å². The van der Waals surface area contributed by atoms with Crippen LogP contribution in [0.1, 0.15) is 89.5 Å². The zero-order chi connectivity index (χ0) is 30.1. The van der Waals surface area contributed by atoms with Gasteiger partial charge in [-0.1, -0.05) is 36.8 Å². The van der Waals surface area contributed by atoms with Crippen LogP contribution in [0, 0.1) is 18.8 Å². The molecule has 224 valence electrons. The van der Waals surface area contributed by atoms with Crippen LogP contribution < -0.4 is 4.74 Å². The van der Waals surface area contributed by atoms with Crippen LogP contribution in [0.25, 0.3) is 11.6 Å². The molecule has 5 heteroatoms. The largest absolute Gasteiger partial charge is 0.457 e.